The Kier molecular flexibility index (Phi) is 3.20. The molecule has 2 aromatic rings. The topological polar surface area (TPSA) is 109 Å². The van der Waals surface area contributed by atoms with Gasteiger partial charge >= 0.3 is 11.7 Å². The number of fused-ring (bicyclic) bond motifs is 1. The molecule has 18 heavy (non-hydrogen) atoms. The van der Waals surface area contributed by atoms with Crippen molar-refractivity contribution in [1.29, 1.82) is 0 Å². The Morgan fingerprint density at radius 1 is 1.56 bits per heavy atom. The van der Waals surface area contributed by atoms with Crippen LogP contribution in [0.2, 0.25) is 0 Å². The van der Waals surface area contributed by atoms with Gasteiger partial charge in [-0.25, -0.2) is 4.79 Å². The zero-order valence-corrected chi connectivity index (χ0v) is 9.84. The molecule has 2 atom stereocenters. The van der Waals surface area contributed by atoms with Gasteiger partial charge in [-0.2, -0.15) is 0 Å². The molecule has 0 radical (unpaired) electrons. The number of aliphatic carboxylic acids is 1. The molecule has 4 N–H and O–H groups in total. The summed E-state index contributed by atoms with van der Waals surface area (Å²) in [6, 6.07) is 4.71. The number of hydrogen-bond acceptors (Lipinski definition) is 4. The molecule has 0 fully saturated rings. The van der Waals surface area contributed by atoms with Crippen LogP contribution in [0.15, 0.2) is 27.4 Å². The van der Waals surface area contributed by atoms with Crippen LogP contribution < -0.4 is 11.5 Å². The maximum Gasteiger partial charge on any atom is 0.417 e. The first-order valence-corrected chi connectivity index (χ1v) is 5.57. The maximum atomic E-state index is 11.0. The number of carboxylic acids is 1. The highest BCUT2D eigenvalue weighted by molar-refractivity contribution is 5.73. The predicted molar refractivity (Wildman–Crippen MR) is 65.2 cm³/mol. The second-order valence-corrected chi connectivity index (χ2v) is 4.37. The molecule has 2 unspecified atom stereocenters. The van der Waals surface area contributed by atoms with E-state index in [-0.39, 0.29) is 12.3 Å². The van der Waals surface area contributed by atoms with Gasteiger partial charge in [-0.05, 0) is 23.6 Å². The molecular weight excluding hydrogens is 236 g/mol. The monoisotopic (exact) mass is 250 g/mol. The van der Waals surface area contributed by atoms with Crippen molar-refractivity contribution in [1.82, 2.24) is 4.98 Å². The third kappa shape index (κ3) is 2.43. The van der Waals surface area contributed by atoms with Crippen molar-refractivity contribution >= 4 is 17.1 Å². The Morgan fingerprint density at radius 3 is 2.94 bits per heavy atom. The van der Waals surface area contributed by atoms with Crippen LogP contribution in [0.4, 0.5) is 0 Å². The summed E-state index contributed by atoms with van der Waals surface area (Å²) >= 11 is 0. The minimum Gasteiger partial charge on any atom is -0.481 e. The zero-order chi connectivity index (χ0) is 13.3. The summed E-state index contributed by atoms with van der Waals surface area (Å²) in [5, 5.41) is 8.73. The summed E-state index contributed by atoms with van der Waals surface area (Å²) in [6.45, 7) is 1.77. The number of hydrogen-bond donors (Lipinski definition) is 3. The van der Waals surface area contributed by atoms with Crippen molar-refractivity contribution in [3.8, 4) is 0 Å². The van der Waals surface area contributed by atoms with Crippen LogP contribution in [0.5, 0.6) is 0 Å². The molecule has 2 rings (SSSR count). The largest absolute Gasteiger partial charge is 0.481 e. The Bertz CT molecular complexity index is 628. The van der Waals surface area contributed by atoms with E-state index in [9.17, 15) is 9.59 Å². The number of oxazole rings is 1. The molecule has 6 nitrogen and oxygen atoms in total. The third-order valence-corrected chi connectivity index (χ3v) is 2.94. The summed E-state index contributed by atoms with van der Waals surface area (Å²) < 4.78 is 4.94. The summed E-state index contributed by atoms with van der Waals surface area (Å²) in [6.07, 6.45) is -0.00368. The molecule has 0 saturated carbocycles. The van der Waals surface area contributed by atoms with Crippen molar-refractivity contribution < 1.29 is 14.3 Å². The summed E-state index contributed by atoms with van der Waals surface area (Å²) in [4.78, 5) is 24.2. The van der Waals surface area contributed by atoms with Crippen LogP contribution in [0, 0.1) is 5.92 Å². The van der Waals surface area contributed by atoms with Crippen LogP contribution in [0.25, 0.3) is 11.1 Å². The van der Waals surface area contributed by atoms with Crippen LogP contribution in [0.1, 0.15) is 24.9 Å². The normalized spacial score (nSPS) is 14.6. The van der Waals surface area contributed by atoms with Crippen molar-refractivity contribution in [2.45, 2.75) is 19.4 Å². The van der Waals surface area contributed by atoms with Gasteiger partial charge in [0.05, 0.1) is 5.52 Å². The van der Waals surface area contributed by atoms with Gasteiger partial charge in [0.25, 0.3) is 0 Å². The van der Waals surface area contributed by atoms with Crippen LogP contribution in [-0.4, -0.2) is 16.1 Å². The van der Waals surface area contributed by atoms with Crippen molar-refractivity contribution in [3.05, 3.63) is 34.3 Å². The minimum atomic E-state index is -0.882. The number of rotatable bonds is 4. The fraction of sp³-hybridized carbons (Fsp3) is 0.333. The fourth-order valence-corrected chi connectivity index (χ4v) is 1.90. The average Bonchev–Trinajstić information content (AvgIpc) is 2.65. The number of aromatic nitrogens is 1. The van der Waals surface area contributed by atoms with E-state index in [1.165, 1.54) is 0 Å². The van der Waals surface area contributed by atoms with Gasteiger partial charge in [-0.3, -0.25) is 9.78 Å². The summed E-state index contributed by atoms with van der Waals surface area (Å²) in [5.41, 5.74) is 7.77. The van der Waals surface area contributed by atoms with Gasteiger partial charge in [-0.1, -0.05) is 13.0 Å². The van der Waals surface area contributed by atoms with E-state index in [4.69, 9.17) is 15.3 Å². The number of nitrogens with two attached hydrogens (primary N) is 1. The molecule has 0 saturated heterocycles. The van der Waals surface area contributed by atoms with E-state index in [0.717, 1.165) is 5.56 Å². The zero-order valence-electron chi connectivity index (χ0n) is 9.84. The van der Waals surface area contributed by atoms with Gasteiger partial charge < -0.3 is 15.3 Å². The smallest absolute Gasteiger partial charge is 0.417 e. The standard InChI is InChI=1S/C12H14N2O4/c1-6(4-10(15)16)11(13)7-2-3-8-9(5-7)18-12(17)14-8/h2-3,5-6,11H,4,13H2,1H3,(H,14,17)(H,15,16). The van der Waals surface area contributed by atoms with Gasteiger partial charge in [0.2, 0.25) is 0 Å². The van der Waals surface area contributed by atoms with Crippen LogP contribution in [0.3, 0.4) is 0 Å². The quantitative estimate of drug-likeness (QED) is 0.756. The fourth-order valence-electron chi connectivity index (χ4n) is 1.90. The molecule has 96 valence electrons. The highest BCUT2D eigenvalue weighted by Crippen LogP contribution is 2.24. The number of benzene rings is 1. The number of nitrogens with one attached hydrogen (secondary N) is 1. The lowest BCUT2D eigenvalue weighted by Crippen LogP contribution is -2.21. The van der Waals surface area contributed by atoms with Gasteiger partial charge in [-0.15, -0.1) is 0 Å². The highest BCUT2D eigenvalue weighted by atomic mass is 16.4. The number of carboxylic acid groups (broad SMARTS) is 1. The SMILES string of the molecule is CC(CC(=O)O)C(N)c1ccc2[nH]c(=O)oc2c1. The lowest BCUT2D eigenvalue weighted by molar-refractivity contribution is -0.138. The van der Waals surface area contributed by atoms with E-state index in [1.54, 1.807) is 25.1 Å². The van der Waals surface area contributed by atoms with E-state index < -0.39 is 17.8 Å². The first-order chi connectivity index (χ1) is 8.47. The lowest BCUT2D eigenvalue weighted by Gasteiger charge is -2.18. The molecule has 0 aliphatic carbocycles. The lowest BCUT2D eigenvalue weighted by atomic mass is 9.92. The molecular formula is C12H14N2O4. The molecule has 6 heteroatoms. The second-order valence-electron chi connectivity index (χ2n) is 4.37. The van der Waals surface area contributed by atoms with E-state index in [0.29, 0.717) is 11.1 Å². The second kappa shape index (κ2) is 4.66. The van der Waals surface area contributed by atoms with Crippen LogP contribution >= 0.6 is 0 Å². The average molecular weight is 250 g/mol. The molecule has 0 bridgehead atoms. The molecule has 1 aromatic heterocycles. The van der Waals surface area contributed by atoms with Crippen LogP contribution in [-0.2, 0) is 4.79 Å². The number of aromatic amines is 1. The van der Waals surface area contributed by atoms with E-state index in [1.807, 2.05) is 0 Å². The molecule has 0 spiro atoms. The molecule has 0 aliphatic rings. The van der Waals surface area contributed by atoms with E-state index >= 15 is 0 Å². The van der Waals surface area contributed by atoms with Gasteiger partial charge in [0.15, 0.2) is 5.58 Å². The molecule has 1 heterocycles. The predicted octanol–water partition coefficient (Wildman–Crippen LogP) is 1.23. The van der Waals surface area contributed by atoms with E-state index in [2.05, 4.69) is 4.98 Å². The van der Waals surface area contributed by atoms with Crippen molar-refractivity contribution in [2.75, 3.05) is 0 Å². The van der Waals surface area contributed by atoms with Crippen molar-refractivity contribution in [2.24, 2.45) is 11.7 Å². The molecule has 0 amide bonds. The number of carbonyl (C=O) groups is 1. The first kappa shape index (κ1) is 12.4. The minimum absolute atomic E-state index is 0.00368. The number of H-pyrrole nitrogens is 1. The maximum absolute atomic E-state index is 11.0. The summed E-state index contributed by atoms with van der Waals surface area (Å²) in [5.74, 6) is -1.60. The Labute approximate surface area is 102 Å². The Hall–Kier alpha value is -2.08. The Balaban J connectivity index is 2.29. The molecule has 1 aromatic carbocycles. The third-order valence-electron chi connectivity index (χ3n) is 2.94. The first-order valence-electron chi connectivity index (χ1n) is 5.57. The van der Waals surface area contributed by atoms with Gasteiger partial charge in [0.1, 0.15) is 0 Å². The van der Waals surface area contributed by atoms with Crippen molar-refractivity contribution in [3.63, 3.8) is 0 Å². The van der Waals surface area contributed by atoms with Gasteiger partial charge in [0, 0.05) is 12.5 Å². The summed E-state index contributed by atoms with van der Waals surface area (Å²) in [7, 11) is 0. The molecule has 0 aliphatic heterocycles. The highest BCUT2D eigenvalue weighted by Gasteiger charge is 2.18. The Morgan fingerprint density at radius 2 is 2.28 bits per heavy atom.